The Morgan fingerprint density at radius 1 is 1.42 bits per heavy atom. The highest BCUT2D eigenvalue weighted by Crippen LogP contribution is 2.24. The Bertz CT molecular complexity index is 766. The largest absolute Gasteiger partial charge is 0.382 e. The van der Waals surface area contributed by atoms with Gasteiger partial charge in [0, 0.05) is 39.0 Å². The highest BCUT2D eigenvalue weighted by atomic mass is 32.1. The summed E-state index contributed by atoms with van der Waals surface area (Å²) in [5.41, 5.74) is -0.411. The van der Waals surface area contributed by atoms with E-state index in [1.165, 1.54) is 22.0 Å². The SMILES string of the molecule is CCOCCCNC(=O)c1cnc2sc(N3CCCC3)nn2c1=O. The Morgan fingerprint density at radius 3 is 2.96 bits per heavy atom. The van der Waals surface area contributed by atoms with Gasteiger partial charge in [0.2, 0.25) is 10.1 Å². The molecule has 0 radical (unpaired) electrons. The van der Waals surface area contributed by atoms with Crippen molar-refractivity contribution in [3.63, 3.8) is 0 Å². The number of amides is 1. The molecule has 0 aromatic carbocycles. The van der Waals surface area contributed by atoms with Crippen molar-refractivity contribution in [3.05, 3.63) is 22.1 Å². The summed E-state index contributed by atoms with van der Waals surface area (Å²) >= 11 is 1.37. The average molecular weight is 351 g/mol. The predicted molar refractivity (Wildman–Crippen MR) is 92.0 cm³/mol. The van der Waals surface area contributed by atoms with E-state index in [4.69, 9.17) is 4.74 Å². The number of aromatic nitrogens is 3. The minimum absolute atomic E-state index is 0.0159. The standard InChI is InChI=1S/C15H21N5O3S/c1-2-23-9-5-6-16-12(21)11-10-17-14-20(13(11)22)18-15(24-14)19-7-3-4-8-19/h10H,2-9H2,1H3,(H,16,21). The Kier molecular flexibility index (Phi) is 5.41. The molecule has 0 aliphatic carbocycles. The van der Waals surface area contributed by atoms with Crippen LogP contribution in [0.25, 0.3) is 4.96 Å². The van der Waals surface area contributed by atoms with Crippen LogP contribution in [0.4, 0.5) is 5.13 Å². The number of ether oxygens (including phenoxy) is 1. The summed E-state index contributed by atoms with van der Waals surface area (Å²) in [7, 11) is 0. The zero-order chi connectivity index (χ0) is 16.9. The van der Waals surface area contributed by atoms with Gasteiger partial charge in [-0.05, 0) is 26.2 Å². The molecule has 2 aromatic rings. The maximum atomic E-state index is 12.5. The topological polar surface area (TPSA) is 88.8 Å². The number of hydrogen-bond donors (Lipinski definition) is 1. The third-order valence-electron chi connectivity index (χ3n) is 3.85. The van der Waals surface area contributed by atoms with E-state index in [9.17, 15) is 9.59 Å². The van der Waals surface area contributed by atoms with Crippen LogP contribution < -0.4 is 15.8 Å². The van der Waals surface area contributed by atoms with Gasteiger partial charge in [-0.1, -0.05) is 11.3 Å². The lowest BCUT2D eigenvalue weighted by Crippen LogP contribution is -2.32. The molecule has 1 aliphatic heterocycles. The van der Waals surface area contributed by atoms with Crippen LogP contribution in [0.1, 0.15) is 36.5 Å². The number of nitrogens with zero attached hydrogens (tertiary/aromatic N) is 4. The monoisotopic (exact) mass is 351 g/mol. The summed E-state index contributed by atoms with van der Waals surface area (Å²) in [5, 5.41) is 7.85. The number of hydrogen-bond acceptors (Lipinski definition) is 7. The molecule has 24 heavy (non-hydrogen) atoms. The first-order chi connectivity index (χ1) is 11.7. The first-order valence-electron chi connectivity index (χ1n) is 8.20. The van der Waals surface area contributed by atoms with Crippen LogP contribution in [0.5, 0.6) is 0 Å². The lowest BCUT2D eigenvalue weighted by molar-refractivity contribution is 0.0942. The van der Waals surface area contributed by atoms with Crippen molar-refractivity contribution >= 4 is 27.3 Å². The zero-order valence-electron chi connectivity index (χ0n) is 13.7. The van der Waals surface area contributed by atoms with Gasteiger partial charge < -0.3 is 15.0 Å². The molecule has 1 N–H and O–H groups in total. The lowest BCUT2D eigenvalue weighted by atomic mass is 10.3. The number of anilines is 1. The number of nitrogens with one attached hydrogen (secondary N) is 1. The summed E-state index contributed by atoms with van der Waals surface area (Å²) in [5.74, 6) is -0.422. The summed E-state index contributed by atoms with van der Waals surface area (Å²) < 4.78 is 6.44. The second-order valence-electron chi connectivity index (χ2n) is 5.56. The zero-order valence-corrected chi connectivity index (χ0v) is 14.5. The van der Waals surface area contributed by atoms with Crippen molar-refractivity contribution in [1.29, 1.82) is 0 Å². The number of rotatable bonds is 7. The minimum Gasteiger partial charge on any atom is -0.382 e. The first kappa shape index (κ1) is 16.8. The van der Waals surface area contributed by atoms with E-state index >= 15 is 0 Å². The summed E-state index contributed by atoms with van der Waals surface area (Å²) in [4.78, 5) is 31.5. The second-order valence-corrected chi connectivity index (χ2v) is 6.49. The molecule has 8 nitrogen and oxygen atoms in total. The molecular weight excluding hydrogens is 330 g/mol. The number of fused-ring (bicyclic) bond motifs is 1. The van der Waals surface area contributed by atoms with Gasteiger partial charge >= 0.3 is 0 Å². The van der Waals surface area contributed by atoms with Crippen molar-refractivity contribution in [2.75, 3.05) is 37.7 Å². The molecule has 1 aliphatic rings. The number of carbonyl (C=O) groups is 1. The van der Waals surface area contributed by atoms with Crippen LogP contribution in [0, 0.1) is 0 Å². The smallest absolute Gasteiger partial charge is 0.288 e. The number of carbonyl (C=O) groups excluding carboxylic acids is 1. The fourth-order valence-electron chi connectivity index (χ4n) is 2.58. The highest BCUT2D eigenvalue weighted by Gasteiger charge is 2.20. The molecule has 9 heteroatoms. The molecule has 1 amide bonds. The van der Waals surface area contributed by atoms with Gasteiger partial charge in [-0.25, -0.2) is 4.98 Å². The Hall–Kier alpha value is -2.00. The molecule has 130 valence electrons. The van der Waals surface area contributed by atoms with Crippen LogP contribution >= 0.6 is 11.3 Å². The van der Waals surface area contributed by atoms with E-state index in [-0.39, 0.29) is 5.56 Å². The van der Waals surface area contributed by atoms with Gasteiger partial charge in [0.05, 0.1) is 0 Å². The van der Waals surface area contributed by atoms with E-state index in [1.807, 2.05) is 6.92 Å². The Morgan fingerprint density at radius 2 is 2.21 bits per heavy atom. The van der Waals surface area contributed by atoms with E-state index in [0.717, 1.165) is 31.1 Å². The lowest BCUT2D eigenvalue weighted by Gasteiger charge is -2.10. The fraction of sp³-hybridized carbons (Fsp3) is 0.600. The van der Waals surface area contributed by atoms with Crippen molar-refractivity contribution in [3.8, 4) is 0 Å². The summed E-state index contributed by atoms with van der Waals surface area (Å²) in [6, 6.07) is 0. The quantitative estimate of drug-likeness (QED) is 0.746. The minimum atomic E-state index is -0.427. The Balaban J connectivity index is 1.73. The third kappa shape index (κ3) is 3.57. The van der Waals surface area contributed by atoms with Crippen molar-refractivity contribution < 1.29 is 9.53 Å². The van der Waals surface area contributed by atoms with Gasteiger partial charge in [0.1, 0.15) is 5.56 Å². The molecule has 3 rings (SSSR count). The molecule has 3 heterocycles. The first-order valence-corrected chi connectivity index (χ1v) is 9.02. The van der Waals surface area contributed by atoms with Crippen LogP contribution in [0.2, 0.25) is 0 Å². The second kappa shape index (κ2) is 7.71. The van der Waals surface area contributed by atoms with E-state index in [2.05, 4.69) is 20.3 Å². The van der Waals surface area contributed by atoms with Gasteiger partial charge in [-0.3, -0.25) is 9.59 Å². The molecule has 1 fully saturated rings. The van der Waals surface area contributed by atoms with Gasteiger partial charge in [-0.15, -0.1) is 5.10 Å². The van der Waals surface area contributed by atoms with Crippen LogP contribution in [0.15, 0.2) is 11.0 Å². The molecule has 2 aromatic heterocycles. The molecular formula is C15H21N5O3S. The molecule has 0 bridgehead atoms. The van der Waals surface area contributed by atoms with Gasteiger partial charge in [0.15, 0.2) is 0 Å². The Labute approximate surface area is 143 Å². The van der Waals surface area contributed by atoms with E-state index in [1.54, 1.807) is 0 Å². The van der Waals surface area contributed by atoms with Crippen LogP contribution in [0.3, 0.4) is 0 Å². The molecule has 0 unspecified atom stereocenters. The van der Waals surface area contributed by atoms with E-state index in [0.29, 0.717) is 31.1 Å². The normalized spacial score (nSPS) is 14.5. The highest BCUT2D eigenvalue weighted by molar-refractivity contribution is 7.20. The molecule has 0 atom stereocenters. The third-order valence-corrected chi connectivity index (χ3v) is 4.84. The van der Waals surface area contributed by atoms with Crippen molar-refractivity contribution in [2.45, 2.75) is 26.2 Å². The summed E-state index contributed by atoms with van der Waals surface area (Å²) in [6.45, 7) is 5.50. The van der Waals surface area contributed by atoms with Crippen molar-refractivity contribution in [2.24, 2.45) is 0 Å². The average Bonchev–Trinajstić information content (AvgIpc) is 3.24. The summed E-state index contributed by atoms with van der Waals surface area (Å²) in [6.07, 6.45) is 4.30. The fourth-order valence-corrected chi connectivity index (χ4v) is 3.50. The molecule has 1 saturated heterocycles. The predicted octanol–water partition coefficient (Wildman–Crippen LogP) is 0.908. The maximum absolute atomic E-state index is 12.5. The van der Waals surface area contributed by atoms with Crippen LogP contribution in [-0.2, 0) is 4.74 Å². The van der Waals surface area contributed by atoms with Gasteiger partial charge in [0.25, 0.3) is 11.5 Å². The molecule has 0 saturated carbocycles. The maximum Gasteiger partial charge on any atom is 0.288 e. The van der Waals surface area contributed by atoms with E-state index < -0.39 is 11.5 Å². The van der Waals surface area contributed by atoms with Crippen LogP contribution in [-0.4, -0.2) is 53.4 Å². The van der Waals surface area contributed by atoms with Gasteiger partial charge in [-0.2, -0.15) is 4.52 Å². The van der Waals surface area contributed by atoms with Crippen molar-refractivity contribution in [1.82, 2.24) is 19.9 Å². The molecule has 0 spiro atoms.